The van der Waals surface area contributed by atoms with E-state index in [4.69, 9.17) is 27.9 Å². The van der Waals surface area contributed by atoms with Gasteiger partial charge in [0.1, 0.15) is 5.75 Å². The number of benzene rings is 2. The third-order valence-corrected chi connectivity index (χ3v) is 4.29. The molecule has 0 aliphatic carbocycles. The van der Waals surface area contributed by atoms with Gasteiger partial charge in [0.15, 0.2) is 0 Å². The summed E-state index contributed by atoms with van der Waals surface area (Å²) < 4.78 is 5.22. The van der Waals surface area contributed by atoms with Crippen LogP contribution in [-0.4, -0.2) is 18.0 Å². The van der Waals surface area contributed by atoms with Gasteiger partial charge in [0.2, 0.25) is 0 Å². The molecule has 0 radical (unpaired) electrons. The first-order valence-corrected chi connectivity index (χ1v) is 7.96. The maximum Gasteiger partial charge on any atom is 0.257 e. The molecule has 3 aromatic rings. The van der Waals surface area contributed by atoms with Crippen LogP contribution in [0.4, 0.5) is 5.69 Å². The van der Waals surface area contributed by atoms with Crippen LogP contribution in [0.15, 0.2) is 42.5 Å². The number of fused-ring (bicyclic) bond motifs is 1. The number of aromatic nitrogens is 1. The lowest BCUT2D eigenvalue weighted by Crippen LogP contribution is -2.15. The minimum absolute atomic E-state index is 0.320. The Kier molecular flexibility index (Phi) is 4.60. The first kappa shape index (κ1) is 16.6. The Balaban J connectivity index is 2.01. The third-order valence-electron chi connectivity index (χ3n) is 3.66. The van der Waals surface area contributed by atoms with Crippen molar-refractivity contribution in [3.05, 3.63) is 63.8 Å². The summed E-state index contributed by atoms with van der Waals surface area (Å²) in [6, 6.07) is 12.3. The number of carbonyl (C=O) groups excluding carboxylic acids is 1. The van der Waals surface area contributed by atoms with Crippen LogP contribution in [0, 0.1) is 6.92 Å². The van der Waals surface area contributed by atoms with Gasteiger partial charge < -0.3 is 10.1 Å². The molecule has 0 saturated heterocycles. The molecule has 1 N–H and O–H groups in total. The smallest absolute Gasteiger partial charge is 0.257 e. The van der Waals surface area contributed by atoms with E-state index in [1.54, 1.807) is 38.3 Å². The minimum Gasteiger partial charge on any atom is -0.497 e. The highest BCUT2D eigenvalue weighted by molar-refractivity contribution is 6.40. The zero-order chi connectivity index (χ0) is 17.3. The summed E-state index contributed by atoms with van der Waals surface area (Å²) in [4.78, 5) is 17.1. The second-order valence-corrected chi connectivity index (χ2v) is 6.05. The van der Waals surface area contributed by atoms with Gasteiger partial charge in [-0.25, -0.2) is 0 Å². The number of aryl methyl sites for hydroxylation is 1. The molecule has 1 aromatic heterocycles. The number of hydrogen-bond acceptors (Lipinski definition) is 3. The van der Waals surface area contributed by atoms with Crippen molar-refractivity contribution < 1.29 is 9.53 Å². The van der Waals surface area contributed by atoms with Gasteiger partial charge in [-0.1, -0.05) is 29.3 Å². The number of amides is 1. The molecule has 0 unspecified atom stereocenters. The third kappa shape index (κ3) is 3.16. The predicted molar refractivity (Wildman–Crippen MR) is 97.4 cm³/mol. The second kappa shape index (κ2) is 6.67. The van der Waals surface area contributed by atoms with Crippen molar-refractivity contribution >= 4 is 45.7 Å². The highest BCUT2D eigenvalue weighted by Gasteiger charge is 2.15. The molecular formula is C18H14Cl2N2O2. The van der Waals surface area contributed by atoms with Crippen LogP contribution in [0.2, 0.25) is 10.0 Å². The monoisotopic (exact) mass is 360 g/mol. The molecule has 0 atom stereocenters. The summed E-state index contributed by atoms with van der Waals surface area (Å²) >= 11 is 12.2. The average Bonchev–Trinajstić information content (AvgIpc) is 2.57. The van der Waals surface area contributed by atoms with Crippen molar-refractivity contribution in [2.24, 2.45) is 0 Å². The number of methoxy groups -OCH3 is 1. The lowest BCUT2D eigenvalue weighted by atomic mass is 10.1. The Morgan fingerprint density at radius 2 is 1.83 bits per heavy atom. The molecule has 6 heteroatoms. The highest BCUT2D eigenvalue weighted by Crippen LogP contribution is 2.30. The van der Waals surface area contributed by atoms with Crippen molar-refractivity contribution in [3.63, 3.8) is 0 Å². The van der Waals surface area contributed by atoms with Crippen LogP contribution in [0.1, 0.15) is 16.1 Å². The number of hydrogen-bond donors (Lipinski definition) is 1. The van der Waals surface area contributed by atoms with Crippen molar-refractivity contribution in [3.8, 4) is 5.75 Å². The van der Waals surface area contributed by atoms with Crippen molar-refractivity contribution in [2.45, 2.75) is 6.92 Å². The molecule has 0 spiro atoms. The molecule has 0 fully saturated rings. The summed E-state index contributed by atoms with van der Waals surface area (Å²) in [6.45, 7) is 1.78. The Hall–Kier alpha value is -2.30. The van der Waals surface area contributed by atoms with E-state index < -0.39 is 0 Å². The topological polar surface area (TPSA) is 51.2 Å². The molecule has 3 rings (SSSR count). The van der Waals surface area contributed by atoms with Crippen LogP contribution in [0.5, 0.6) is 5.75 Å². The summed E-state index contributed by atoms with van der Waals surface area (Å²) in [6.07, 6.45) is 0. The summed E-state index contributed by atoms with van der Waals surface area (Å²) in [7, 11) is 1.59. The normalized spacial score (nSPS) is 10.7. The molecular weight excluding hydrogens is 347 g/mol. The van der Waals surface area contributed by atoms with E-state index in [1.165, 1.54) is 0 Å². The Morgan fingerprint density at radius 1 is 1.12 bits per heavy atom. The van der Waals surface area contributed by atoms with Crippen molar-refractivity contribution in [1.82, 2.24) is 4.98 Å². The molecule has 4 nitrogen and oxygen atoms in total. The molecule has 2 aromatic carbocycles. The van der Waals surface area contributed by atoms with Crippen LogP contribution in [0.3, 0.4) is 0 Å². The fourth-order valence-electron chi connectivity index (χ4n) is 2.41. The number of para-hydroxylation sites is 1. The van der Waals surface area contributed by atoms with Crippen molar-refractivity contribution in [1.29, 1.82) is 0 Å². The molecule has 0 aliphatic rings. The fourth-order valence-corrected chi connectivity index (χ4v) is 2.90. The molecule has 1 heterocycles. The Labute approximate surface area is 149 Å². The van der Waals surface area contributed by atoms with E-state index >= 15 is 0 Å². The van der Waals surface area contributed by atoms with Crippen LogP contribution in [0.25, 0.3) is 10.9 Å². The maximum atomic E-state index is 12.6. The van der Waals surface area contributed by atoms with Gasteiger partial charge >= 0.3 is 0 Å². The predicted octanol–water partition coefficient (Wildman–Crippen LogP) is 5.11. The standard InChI is InChI=1S/C18H14Cl2N2O2/c1-10-13(9-11-8-12(24-2)6-7-16(11)21-10)18(23)22-17-14(19)4-3-5-15(17)20/h3-9H,1-2H3,(H,22,23). The number of ether oxygens (including phenoxy) is 1. The van der Waals surface area contributed by atoms with Crippen LogP contribution in [-0.2, 0) is 0 Å². The van der Waals surface area contributed by atoms with Gasteiger partial charge in [0.25, 0.3) is 5.91 Å². The number of pyridine rings is 1. The van der Waals surface area contributed by atoms with Crippen LogP contribution >= 0.6 is 23.2 Å². The van der Waals surface area contributed by atoms with Gasteiger partial charge in [-0.3, -0.25) is 9.78 Å². The quantitative estimate of drug-likeness (QED) is 0.705. The molecule has 24 heavy (non-hydrogen) atoms. The first-order chi connectivity index (χ1) is 11.5. The van der Waals surface area contributed by atoms with Crippen molar-refractivity contribution in [2.75, 3.05) is 12.4 Å². The number of halogens is 2. The highest BCUT2D eigenvalue weighted by atomic mass is 35.5. The second-order valence-electron chi connectivity index (χ2n) is 5.23. The fraction of sp³-hybridized carbons (Fsp3) is 0.111. The van der Waals surface area contributed by atoms with E-state index in [-0.39, 0.29) is 5.91 Å². The lowest BCUT2D eigenvalue weighted by molar-refractivity contribution is 0.102. The molecule has 0 bridgehead atoms. The molecule has 1 amide bonds. The van der Waals surface area contributed by atoms with Gasteiger partial charge in [-0.05, 0) is 43.3 Å². The zero-order valence-electron chi connectivity index (χ0n) is 13.1. The summed E-state index contributed by atoms with van der Waals surface area (Å²) in [5.41, 5.74) is 2.25. The number of carbonyl (C=O) groups is 1. The summed E-state index contributed by atoms with van der Waals surface area (Å²) in [5.74, 6) is 0.383. The average molecular weight is 361 g/mol. The molecule has 122 valence electrons. The van der Waals surface area contributed by atoms with E-state index in [2.05, 4.69) is 10.3 Å². The number of nitrogens with zero attached hydrogens (tertiary/aromatic N) is 1. The summed E-state index contributed by atoms with van der Waals surface area (Å²) in [5, 5.41) is 4.33. The lowest BCUT2D eigenvalue weighted by Gasteiger charge is -2.11. The van der Waals surface area contributed by atoms with E-state index in [0.717, 1.165) is 10.9 Å². The SMILES string of the molecule is COc1ccc2nc(C)c(C(=O)Nc3c(Cl)cccc3Cl)cc2c1. The number of nitrogens with one attached hydrogen (secondary N) is 1. The van der Waals surface area contributed by atoms with Gasteiger partial charge in [-0.2, -0.15) is 0 Å². The van der Waals surface area contributed by atoms with E-state index in [0.29, 0.717) is 32.7 Å². The number of anilines is 1. The van der Waals surface area contributed by atoms with E-state index in [1.807, 2.05) is 18.2 Å². The van der Waals surface area contributed by atoms with Crippen LogP contribution < -0.4 is 10.1 Å². The Bertz CT molecular complexity index is 921. The van der Waals surface area contributed by atoms with Gasteiger partial charge in [-0.15, -0.1) is 0 Å². The maximum absolute atomic E-state index is 12.6. The van der Waals surface area contributed by atoms with Gasteiger partial charge in [0.05, 0.1) is 39.6 Å². The first-order valence-electron chi connectivity index (χ1n) is 7.20. The largest absolute Gasteiger partial charge is 0.497 e. The zero-order valence-corrected chi connectivity index (χ0v) is 14.6. The van der Waals surface area contributed by atoms with E-state index in [9.17, 15) is 4.79 Å². The molecule has 0 saturated carbocycles. The van der Waals surface area contributed by atoms with Gasteiger partial charge in [0, 0.05) is 5.39 Å². The number of rotatable bonds is 3. The minimum atomic E-state index is -0.320. The molecule has 0 aliphatic heterocycles. The Morgan fingerprint density at radius 3 is 2.50 bits per heavy atom.